The molecule has 2 rings (SSSR count). The van der Waals surface area contributed by atoms with E-state index in [1.165, 1.54) is 5.56 Å². The van der Waals surface area contributed by atoms with Crippen LogP contribution >= 0.6 is 0 Å². The van der Waals surface area contributed by atoms with Gasteiger partial charge in [0, 0.05) is 31.2 Å². The normalized spacial score (nSPS) is 17.2. The summed E-state index contributed by atoms with van der Waals surface area (Å²) < 4.78 is 5.40. The number of carbonyl (C=O) groups excluding carboxylic acids is 1. The van der Waals surface area contributed by atoms with Gasteiger partial charge in [-0.2, -0.15) is 0 Å². The van der Waals surface area contributed by atoms with Crippen LogP contribution < -0.4 is 10.6 Å². The maximum absolute atomic E-state index is 11.8. The number of anilines is 1. The lowest BCUT2D eigenvalue weighted by Crippen LogP contribution is -2.37. The van der Waals surface area contributed by atoms with Gasteiger partial charge in [0.15, 0.2) is 0 Å². The quantitative estimate of drug-likeness (QED) is 0.757. The van der Waals surface area contributed by atoms with E-state index in [4.69, 9.17) is 4.74 Å². The lowest BCUT2D eigenvalue weighted by Gasteiger charge is -2.32. The Morgan fingerprint density at radius 2 is 1.95 bits per heavy atom. The van der Waals surface area contributed by atoms with Crippen molar-refractivity contribution < 1.29 is 9.53 Å². The number of nitrogens with zero attached hydrogens (tertiary/aromatic N) is 1. The molecular weight excluding hydrogens is 278 g/mol. The predicted octanol–water partition coefficient (Wildman–Crippen LogP) is 2.02. The first kappa shape index (κ1) is 16.9. The van der Waals surface area contributed by atoms with Gasteiger partial charge >= 0.3 is 0 Å². The van der Waals surface area contributed by atoms with Crippen molar-refractivity contribution >= 4 is 11.6 Å². The van der Waals surface area contributed by atoms with Crippen LogP contribution in [0.15, 0.2) is 24.3 Å². The number of hydrogen-bond acceptors (Lipinski definition) is 4. The van der Waals surface area contributed by atoms with Crippen molar-refractivity contribution in [3.05, 3.63) is 29.8 Å². The highest BCUT2D eigenvalue weighted by atomic mass is 16.5. The Labute approximate surface area is 133 Å². The molecule has 1 atom stereocenters. The lowest BCUT2D eigenvalue weighted by atomic mass is 10.1. The summed E-state index contributed by atoms with van der Waals surface area (Å²) in [6.07, 6.45) is 1.40. The summed E-state index contributed by atoms with van der Waals surface area (Å²) in [4.78, 5) is 14.2. The molecular formula is C17H27N3O2. The third kappa shape index (κ3) is 5.09. The van der Waals surface area contributed by atoms with E-state index in [-0.39, 0.29) is 5.91 Å². The van der Waals surface area contributed by atoms with E-state index in [1.54, 1.807) is 0 Å². The van der Waals surface area contributed by atoms with E-state index in [9.17, 15) is 4.79 Å². The molecule has 0 aliphatic carbocycles. The van der Waals surface area contributed by atoms with Crippen LogP contribution in [0.5, 0.6) is 0 Å². The fourth-order valence-corrected chi connectivity index (χ4v) is 2.67. The average Bonchev–Trinajstić information content (AvgIpc) is 2.56. The number of rotatable bonds is 7. The zero-order chi connectivity index (χ0) is 15.8. The van der Waals surface area contributed by atoms with Gasteiger partial charge in [0.05, 0.1) is 13.2 Å². The fraction of sp³-hybridized carbons (Fsp3) is 0.588. The average molecular weight is 305 g/mol. The predicted molar refractivity (Wildman–Crippen MR) is 89.0 cm³/mol. The molecule has 1 aliphatic rings. The molecule has 122 valence electrons. The van der Waals surface area contributed by atoms with Gasteiger partial charge in [0.25, 0.3) is 0 Å². The maximum Gasteiger partial charge on any atom is 0.224 e. The smallest absolute Gasteiger partial charge is 0.224 e. The molecule has 1 aliphatic heterocycles. The maximum atomic E-state index is 11.8. The van der Waals surface area contributed by atoms with Gasteiger partial charge < -0.3 is 15.4 Å². The highest BCUT2D eigenvalue weighted by molar-refractivity contribution is 5.90. The number of ether oxygens (including phenoxy) is 1. The fourth-order valence-electron chi connectivity index (χ4n) is 2.67. The molecule has 0 radical (unpaired) electrons. The Hall–Kier alpha value is -1.43. The first-order chi connectivity index (χ1) is 10.7. The highest BCUT2D eigenvalue weighted by Crippen LogP contribution is 2.22. The van der Waals surface area contributed by atoms with E-state index in [0.717, 1.165) is 45.0 Å². The largest absolute Gasteiger partial charge is 0.379 e. The molecule has 5 heteroatoms. The summed E-state index contributed by atoms with van der Waals surface area (Å²) >= 11 is 0. The Morgan fingerprint density at radius 1 is 1.27 bits per heavy atom. The van der Waals surface area contributed by atoms with Crippen LogP contribution in [0.25, 0.3) is 0 Å². The number of morpholine rings is 1. The molecule has 1 aromatic rings. The van der Waals surface area contributed by atoms with Crippen LogP contribution in [0, 0.1) is 0 Å². The zero-order valence-corrected chi connectivity index (χ0v) is 13.6. The van der Waals surface area contributed by atoms with Gasteiger partial charge in [-0.15, -0.1) is 0 Å². The third-order valence-electron chi connectivity index (χ3n) is 4.10. The second-order valence-corrected chi connectivity index (χ2v) is 5.70. The third-order valence-corrected chi connectivity index (χ3v) is 4.10. The topological polar surface area (TPSA) is 53.6 Å². The summed E-state index contributed by atoms with van der Waals surface area (Å²) in [6.45, 7) is 6.66. The summed E-state index contributed by atoms with van der Waals surface area (Å²) in [5, 5.41) is 5.99. The van der Waals surface area contributed by atoms with Crippen LogP contribution in [0.4, 0.5) is 5.69 Å². The summed E-state index contributed by atoms with van der Waals surface area (Å²) in [7, 11) is 1.90. The molecule has 2 N–H and O–H groups in total. The van der Waals surface area contributed by atoms with E-state index in [1.807, 2.05) is 19.2 Å². The Kier molecular flexibility index (Phi) is 6.83. The summed E-state index contributed by atoms with van der Waals surface area (Å²) in [5.74, 6) is 0.0734. The number of amides is 1. The van der Waals surface area contributed by atoms with Crippen LogP contribution in [0.1, 0.15) is 31.4 Å². The first-order valence-corrected chi connectivity index (χ1v) is 8.07. The van der Waals surface area contributed by atoms with Gasteiger partial charge in [-0.25, -0.2) is 0 Å². The monoisotopic (exact) mass is 305 g/mol. The molecule has 1 unspecified atom stereocenters. The second kappa shape index (κ2) is 8.88. The lowest BCUT2D eigenvalue weighted by molar-refractivity contribution is -0.116. The number of carbonyl (C=O) groups is 1. The minimum atomic E-state index is 0.0734. The molecule has 1 saturated heterocycles. The van der Waals surface area contributed by atoms with E-state index < -0.39 is 0 Å². The number of hydrogen-bond donors (Lipinski definition) is 2. The Balaban J connectivity index is 1.85. The highest BCUT2D eigenvalue weighted by Gasteiger charge is 2.18. The molecule has 0 aromatic heterocycles. The van der Waals surface area contributed by atoms with Crippen molar-refractivity contribution in [2.45, 2.75) is 25.8 Å². The summed E-state index contributed by atoms with van der Waals surface area (Å²) in [5.41, 5.74) is 2.14. The molecule has 1 fully saturated rings. The van der Waals surface area contributed by atoms with Crippen molar-refractivity contribution in [1.29, 1.82) is 0 Å². The number of nitrogens with one attached hydrogen (secondary N) is 2. The molecule has 22 heavy (non-hydrogen) atoms. The van der Waals surface area contributed by atoms with E-state index in [0.29, 0.717) is 12.5 Å². The zero-order valence-electron chi connectivity index (χ0n) is 13.6. The molecule has 1 aromatic carbocycles. The Bertz CT molecular complexity index is 455. The van der Waals surface area contributed by atoms with Gasteiger partial charge in [0.2, 0.25) is 5.91 Å². The molecule has 1 heterocycles. The van der Waals surface area contributed by atoms with Crippen molar-refractivity contribution in [2.24, 2.45) is 0 Å². The molecule has 0 bridgehead atoms. The first-order valence-electron chi connectivity index (χ1n) is 8.07. The van der Waals surface area contributed by atoms with Gasteiger partial charge in [-0.3, -0.25) is 9.69 Å². The minimum Gasteiger partial charge on any atom is -0.379 e. The van der Waals surface area contributed by atoms with Crippen LogP contribution in [0.2, 0.25) is 0 Å². The molecule has 0 saturated carbocycles. The van der Waals surface area contributed by atoms with E-state index in [2.05, 4.69) is 34.6 Å². The van der Waals surface area contributed by atoms with Gasteiger partial charge in [0.1, 0.15) is 0 Å². The molecule has 1 amide bonds. The van der Waals surface area contributed by atoms with Gasteiger partial charge in [-0.1, -0.05) is 12.1 Å². The Morgan fingerprint density at radius 3 is 2.59 bits per heavy atom. The number of benzene rings is 1. The molecule has 5 nitrogen and oxygen atoms in total. The van der Waals surface area contributed by atoms with Crippen molar-refractivity contribution in [3.63, 3.8) is 0 Å². The standard InChI is InChI=1S/C17H27N3O2/c1-14(20-10-12-22-13-11-20)15-5-7-16(8-6-15)19-17(21)4-3-9-18-2/h5-8,14,18H,3-4,9-13H2,1-2H3,(H,19,21). The van der Waals surface area contributed by atoms with Gasteiger partial charge in [-0.05, 0) is 44.6 Å². The van der Waals surface area contributed by atoms with Crippen LogP contribution in [0.3, 0.4) is 0 Å². The SMILES string of the molecule is CNCCCC(=O)Nc1ccc(C(C)N2CCOCC2)cc1. The molecule has 0 spiro atoms. The summed E-state index contributed by atoms with van der Waals surface area (Å²) in [6, 6.07) is 8.56. The second-order valence-electron chi connectivity index (χ2n) is 5.70. The van der Waals surface area contributed by atoms with Crippen LogP contribution in [-0.2, 0) is 9.53 Å². The minimum absolute atomic E-state index is 0.0734. The van der Waals surface area contributed by atoms with Crippen molar-refractivity contribution in [1.82, 2.24) is 10.2 Å². The van der Waals surface area contributed by atoms with Crippen LogP contribution in [-0.4, -0.2) is 50.7 Å². The van der Waals surface area contributed by atoms with Crippen molar-refractivity contribution in [3.8, 4) is 0 Å². The van der Waals surface area contributed by atoms with E-state index >= 15 is 0 Å². The van der Waals surface area contributed by atoms with Crippen molar-refractivity contribution in [2.75, 3.05) is 45.2 Å².